The number of anilines is 3. The summed E-state index contributed by atoms with van der Waals surface area (Å²) in [4.78, 5) is 2.48. The quantitative estimate of drug-likeness (QED) is 0.177. The molecule has 0 bridgehead atoms. The van der Waals surface area contributed by atoms with Crippen LogP contribution in [0.2, 0.25) is 0 Å². The lowest BCUT2D eigenvalue weighted by Crippen LogP contribution is -2.11. The van der Waals surface area contributed by atoms with Crippen molar-refractivity contribution in [3.05, 3.63) is 188 Å². The first-order chi connectivity index (χ1) is 24.3. The molecule has 0 atom stereocenters. The summed E-state index contributed by atoms with van der Waals surface area (Å²) >= 11 is 0. The predicted octanol–water partition coefficient (Wildman–Crippen LogP) is 13.7. The van der Waals surface area contributed by atoms with Gasteiger partial charge in [0.05, 0.1) is 11.4 Å². The van der Waals surface area contributed by atoms with Crippen LogP contribution in [0.15, 0.2) is 188 Å². The summed E-state index contributed by atoms with van der Waals surface area (Å²) in [6.45, 7) is 0. The molecule has 0 N–H and O–H groups in total. The molecule has 0 saturated heterocycles. The average molecular weight is 622 g/mol. The average Bonchev–Trinajstić information content (AvgIpc) is 3.18. The lowest BCUT2D eigenvalue weighted by molar-refractivity contribution is 1.32. The number of nitrogens with zero attached hydrogens (tertiary/aromatic N) is 1. The van der Waals surface area contributed by atoms with Gasteiger partial charge in [-0.15, -0.1) is 0 Å². The van der Waals surface area contributed by atoms with E-state index in [1.54, 1.807) is 0 Å². The number of benzene rings is 10. The second-order valence-corrected chi connectivity index (χ2v) is 12.9. The SMILES string of the molecule is c1ccc2c(c1)ccc1c(-c3ccc(N(c4cc5ccccc5c5ccccc45)c4cc5ccccc5c5ccccc45)cc3)cccc12. The van der Waals surface area contributed by atoms with Crippen molar-refractivity contribution in [1.29, 1.82) is 0 Å². The summed E-state index contributed by atoms with van der Waals surface area (Å²) in [6, 6.07) is 68.9. The molecule has 0 aliphatic carbocycles. The Morgan fingerprint density at radius 1 is 0.265 bits per heavy atom. The third-order valence-electron chi connectivity index (χ3n) is 10.2. The van der Waals surface area contributed by atoms with Crippen molar-refractivity contribution in [1.82, 2.24) is 0 Å². The molecule has 0 spiro atoms. The molecule has 10 aromatic rings. The Morgan fingerprint density at radius 3 is 1.27 bits per heavy atom. The molecule has 228 valence electrons. The molecule has 0 fully saturated rings. The Hall–Kier alpha value is -6.44. The van der Waals surface area contributed by atoms with Crippen LogP contribution in [0, 0.1) is 0 Å². The van der Waals surface area contributed by atoms with Crippen LogP contribution in [0.3, 0.4) is 0 Å². The predicted molar refractivity (Wildman–Crippen MR) is 212 cm³/mol. The smallest absolute Gasteiger partial charge is 0.0546 e. The fourth-order valence-corrected chi connectivity index (χ4v) is 7.93. The van der Waals surface area contributed by atoms with Gasteiger partial charge in [-0.05, 0) is 89.3 Å². The highest BCUT2D eigenvalue weighted by Crippen LogP contribution is 2.46. The van der Waals surface area contributed by atoms with Gasteiger partial charge in [-0.1, -0.05) is 164 Å². The Labute approximate surface area is 284 Å². The second kappa shape index (κ2) is 11.1. The van der Waals surface area contributed by atoms with Crippen LogP contribution < -0.4 is 4.90 Å². The standard InChI is InChI=1S/C48H31N/c1-4-15-37-32(12-1)26-29-44-38(22-11-23-41(37)44)33-24-27-36(28-25-33)49(47-30-34-13-2-5-16-39(34)42-18-7-9-20-45(42)47)48-31-35-14-3-6-17-40(35)43-19-8-10-21-46(43)48/h1-31H. The van der Waals surface area contributed by atoms with E-state index in [1.165, 1.54) is 87.1 Å². The van der Waals surface area contributed by atoms with Crippen molar-refractivity contribution in [2.45, 2.75) is 0 Å². The summed E-state index contributed by atoms with van der Waals surface area (Å²) in [6.07, 6.45) is 0. The van der Waals surface area contributed by atoms with Gasteiger partial charge in [0.25, 0.3) is 0 Å². The molecule has 49 heavy (non-hydrogen) atoms. The highest BCUT2D eigenvalue weighted by molar-refractivity contribution is 6.19. The zero-order chi connectivity index (χ0) is 32.3. The highest BCUT2D eigenvalue weighted by atomic mass is 15.1. The number of hydrogen-bond acceptors (Lipinski definition) is 1. The lowest BCUT2D eigenvalue weighted by Gasteiger charge is -2.29. The van der Waals surface area contributed by atoms with Crippen molar-refractivity contribution in [2.75, 3.05) is 4.90 Å². The fourth-order valence-electron chi connectivity index (χ4n) is 7.93. The molecule has 0 radical (unpaired) electrons. The van der Waals surface area contributed by atoms with Crippen LogP contribution in [-0.4, -0.2) is 0 Å². The van der Waals surface area contributed by atoms with E-state index in [4.69, 9.17) is 0 Å². The summed E-state index contributed by atoms with van der Waals surface area (Å²) in [5, 5.41) is 15.1. The van der Waals surface area contributed by atoms with E-state index in [-0.39, 0.29) is 0 Å². The Bertz CT molecular complexity index is 2760. The Morgan fingerprint density at radius 2 is 0.694 bits per heavy atom. The number of rotatable bonds is 4. The van der Waals surface area contributed by atoms with E-state index < -0.39 is 0 Å². The first kappa shape index (κ1) is 27.7. The van der Waals surface area contributed by atoms with E-state index in [9.17, 15) is 0 Å². The van der Waals surface area contributed by atoms with E-state index in [0.29, 0.717) is 0 Å². The van der Waals surface area contributed by atoms with Gasteiger partial charge in [0.1, 0.15) is 0 Å². The minimum atomic E-state index is 1.12. The third-order valence-corrected chi connectivity index (χ3v) is 10.2. The number of hydrogen-bond donors (Lipinski definition) is 0. The summed E-state index contributed by atoms with van der Waals surface area (Å²) in [5.41, 5.74) is 5.90. The molecule has 0 saturated carbocycles. The minimum Gasteiger partial charge on any atom is -0.309 e. The van der Waals surface area contributed by atoms with Gasteiger partial charge in [-0.3, -0.25) is 0 Å². The van der Waals surface area contributed by atoms with Crippen molar-refractivity contribution in [3.63, 3.8) is 0 Å². The lowest BCUT2D eigenvalue weighted by atomic mass is 9.94. The largest absolute Gasteiger partial charge is 0.309 e. The first-order valence-electron chi connectivity index (χ1n) is 16.9. The molecule has 0 aliphatic rings. The van der Waals surface area contributed by atoms with Crippen molar-refractivity contribution >= 4 is 81.7 Å². The highest BCUT2D eigenvalue weighted by Gasteiger charge is 2.21. The van der Waals surface area contributed by atoms with Crippen LogP contribution in [0.25, 0.3) is 75.8 Å². The maximum absolute atomic E-state index is 2.48. The molecule has 10 rings (SSSR count). The minimum absolute atomic E-state index is 1.12. The Balaban J connectivity index is 1.24. The van der Waals surface area contributed by atoms with Crippen molar-refractivity contribution < 1.29 is 0 Å². The van der Waals surface area contributed by atoms with Crippen LogP contribution in [0.5, 0.6) is 0 Å². The summed E-state index contributed by atoms with van der Waals surface area (Å²) in [7, 11) is 0. The maximum atomic E-state index is 2.48. The molecule has 1 nitrogen and oxygen atoms in total. The monoisotopic (exact) mass is 621 g/mol. The molecular formula is C48H31N. The molecule has 1 heteroatoms. The second-order valence-electron chi connectivity index (χ2n) is 12.9. The molecule has 0 aromatic heterocycles. The topological polar surface area (TPSA) is 3.24 Å². The van der Waals surface area contributed by atoms with Crippen LogP contribution in [0.4, 0.5) is 17.1 Å². The van der Waals surface area contributed by atoms with Gasteiger partial charge in [-0.2, -0.15) is 0 Å². The van der Waals surface area contributed by atoms with E-state index in [0.717, 1.165) is 5.69 Å². The van der Waals surface area contributed by atoms with Gasteiger partial charge >= 0.3 is 0 Å². The number of fused-ring (bicyclic) bond motifs is 9. The van der Waals surface area contributed by atoms with Gasteiger partial charge in [0, 0.05) is 16.5 Å². The Kier molecular flexibility index (Phi) is 6.25. The third kappa shape index (κ3) is 4.40. The molecule has 0 aliphatic heterocycles. The van der Waals surface area contributed by atoms with Gasteiger partial charge in [0.15, 0.2) is 0 Å². The van der Waals surface area contributed by atoms with Crippen LogP contribution in [0.1, 0.15) is 0 Å². The zero-order valence-electron chi connectivity index (χ0n) is 26.8. The van der Waals surface area contributed by atoms with E-state index >= 15 is 0 Å². The van der Waals surface area contributed by atoms with Crippen molar-refractivity contribution in [3.8, 4) is 11.1 Å². The fraction of sp³-hybridized carbons (Fsp3) is 0. The molecule has 0 heterocycles. The van der Waals surface area contributed by atoms with Gasteiger partial charge in [-0.25, -0.2) is 0 Å². The van der Waals surface area contributed by atoms with Crippen LogP contribution in [-0.2, 0) is 0 Å². The summed E-state index contributed by atoms with van der Waals surface area (Å²) in [5.74, 6) is 0. The zero-order valence-corrected chi connectivity index (χ0v) is 26.8. The molecule has 0 amide bonds. The van der Waals surface area contributed by atoms with Crippen LogP contribution >= 0.6 is 0 Å². The van der Waals surface area contributed by atoms with E-state index in [2.05, 4.69) is 193 Å². The molecule has 0 unspecified atom stereocenters. The maximum Gasteiger partial charge on any atom is 0.0546 e. The van der Waals surface area contributed by atoms with E-state index in [1.807, 2.05) is 0 Å². The van der Waals surface area contributed by atoms with Gasteiger partial charge < -0.3 is 4.90 Å². The molecular weight excluding hydrogens is 591 g/mol. The van der Waals surface area contributed by atoms with Crippen molar-refractivity contribution in [2.24, 2.45) is 0 Å². The summed E-state index contributed by atoms with van der Waals surface area (Å²) < 4.78 is 0. The first-order valence-corrected chi connectivity index (χ1v) is 16.9. The molecule has 10 aromatic carbocycles. The normalized spacial score (nSPS) is 11.7. The van der Waals surface area contributed by atoms with Gasteiger partial charge in [0.2, 0.25) is 0 Å².